The van der Waals surface area contributed by atoms with Gasteiger partial charge in [-0.15, -0.1) is 5.10 Å². The van der Waals surface area contributed by atoms with Crippen molar-refractivity contribution in [1.29, 1.82) is 0 Å². The van der Waals surface area contributed by atoms with Gasteiger partial charge in [-0.05, 0) is 57.2 Å². The van der Waals surface area contributed by atoms with Gasteiger partial charge in [0.15, 0.2) is 5.75 Å². The van der Waals surface area contributed by atoms with Crippen LogP contribution in [-0.2, 0) is 11.3 Å². The van der Waals surface area contributed by atoms with Crippen LogP contribution in [0.5, 0.6) is 5.75 Å². The molecule has 1 atom stereocenters. The average Bonchev–Trinajstić information content (AvgIpc) is 3.41. The molecule has 0 bridgehead atoms. The standard InChI is InChI=1S/C29H33N5O3/c1-21-9-11-24(12-10-21)37-34-20-23(25-7-3-4-8-26(25)34)19-33-17-6-14-29(27(33)35)13-5-16-32(18-15-29)28-31-30-22(2)36-28/h3-4,7-12,20H,5-6,13-19H2,1-2H3. The first-order chi connectivity index (χ1) is 18.0. The number of anilines is 1. The third-order valence-electron chi connectivity index (χ3n) is 7.90. The summed E-state index contributed by atoms with van der Waals surface area (Å²) in [6.45, 7) is 6.82. The van der Waals surface area contributed by atoms with E-state index in [0.29, 0.717) is 18.5 Å². The van der Waals surface area contributed by atoms with Gasteiger partial charge in [-0.1, -0.05) is 41.0 Å². The molecule has 2 saturated heterocycles. The van der Waals surface area contributed by atoms with Crippen LogP contribution in [-0.4, -0.2) is 45.4 Å². The Morgan fingerprint density at radius 2 is 1.73 bits per heavy atom. The van der Waals surface area contributed by atoms with Crippen LogP contribution >= 0.6 is 0 Å². The summed E-state index contributed by atoms with van der Waals surface area (Å²) in [7, 11) is 0. The van der Waals surface area contributed by atoms with Crippen molar-refractivity contribution in [3.05, 3.63) is 71.7 Å². The first kappa shape index (κ1) is 23.6. The van der Waals surface area contributed by atoms with Crippen molar-refractivity contribution in [3.8, 4) is 5.75 Å². The molecule has 4 heterocycles. The zero-order valence-electron chi connectivity index (χ0n) is 21.5. The molecule has 1 spiro atoms. The lowest BCUT2D eigenvalue weighted by Gasteiger charge is -2.41. The maximum absolute atomic E-state index is 14.0. The first-order valence-corrected chi connectivity index (χ1v) is 13.2. The predicted octanol–water partition coefficient (Wildman–Crippen LogP) is 5.28. The van der Waals surface area contributed by atoms with E-state index in [1.165, 1.54) is 5.56 Å². The van der Waals surface area contributed by atoms with Gasteiger partial charge >= 0.3 is 6.01 Å². The van der Waals surface area contributed by atoms with E-state index in [1.54, 1.807) is 6.92 Å². The summed E-state index contributed by atoms with van der Waals surface area (Å²) in [6, 6.07) is 16.8. The first-order valence-electron chi connectivity index (χ1n) is 13.2. The highest BCUT2D eigenvalue weighted by molar-refractivity contribution is 5.86. The van der Waals surface area contributed by atoms with Gasteiger partial charge in [0, 0.05) is 44.1 Å². The Morgan fingerprint density at radius 1 is 0.946 bits per heavy atom. The smallest absolute Gasteiger partial charge is 0.318 e. The summed E-state index contributed by atoms with van der Waals surface area (Å²) in [4.78, 5) is 24.4. The van der Waals surface area contributed by atoms with Crippen LogP contribution < -0.4 is 9.74 Å². The normalized spacial score (nSPS) is 20.5. The molecular formula is C29H33N5O3. The number of aryl methyl sites for hydroxylation is 2. The number of piperidine rings is 1. The highest BCUT2D eigenvalue weighted by Gasteiger charge is 2.44. The number of carbonyl (C=O) groups excluding carboxylic acids is 1. The molecule has 37 heavy (non-hydrogen) atoms. The van der Waals surface area contributed by atoms with Crippen LogP contribution in [0.15, 0.2) is 59.1 Å². The second-order valence-corrected chi connectivity index (χ2v) is 10.5. The van der Waals surface area contributed by atoms with Crippen LogP contribution in [0.3, 0.4) is 0 Å². The van der Waals surface area contributed by atoms with Crippen molar-refractivity contribution in [2.75, 3.05) is 24.5 Å². The number of aromatic nitrogens is 3. The fourth-order valence-corrected chi connectivity index (χ4v) is 5.90. The second-order valence-electron chi connectivity index (χ2n) is 10.5. The molecule has 2 aromatic heterocycles. The molecule has 8 nitrogen and oxygen atoms in total. The molecule has 1 amide bonds. The minimum Gasteiger partial charge on any atom is -0.408 e. The zero-order chi connectivity index (χ0) is 25.4. The molecule has 1 unspecified atom stereocenters. The third-order valence-corrected chi connectivity index (χ3v) is 7.90. The molecule has 2 aliphatic heterocycles. The molecule has 2 aromatic carbocycles. The van der Waals surface area contributed by atoms with Gasteiger partial charge < -0.3 is 19.1 Å². The summed E-state index contributed by atoms with van der Waals surface area (Å²) >= 11 is 0. The van der Waals surface area contributed by atoms with Crippen LogP contribution in [0.4, 0.5) is 6.01 Å². The molecule has 2 fully saturated rings. The number of rotatable bonds is 5. The number of hydrogen-bond acceptors (Lipinski definition) is 6. The van der Waals surface area contributed by atoms with E-state index in [9.17, 15) is 4.79 Å². The zero-order valence-corrected chi connectivity index (χ0v) is 21.5. The number of para-hydroxylation sites is 1. The number of hydrogen-bond donors (Lipinski definition) is 0. The lowest BCUT2D eigenvalue weighted by atomic mass is 9.73. The number of likely N-dealkylation sites (tertiary alicyclic amines) is 1. The van der Waals surface area contributed by atoms with Gasteiger partial charge in [-0.25, -0.2) is 0 Å². The molecule has 0 saturated carbocycles. The van der Waals surface area contributed by atoms with Gasteiger partial charge in [-0.2, -0.15) is 4.73 Å². The molecule has 6 rings (SSSR count). The van der Waals surface area contributed by atoms with Crippen LogP contribution in [0.2, 0.25) is 0 Å². The van der Waals surface area contributed by atoms with E-state index in [1.807, 2.05) is 47.3 Å². The van der Waals surface area contributed by atoms with Gasteiger partial charge in [0.25, 0.3) is 0 Å². The van der Waals surface area contributed by atoms with Crippen molar-refractivity contribution in [1.82, 2.24) is 19.8 Å². The lowest BCUT2D eigenvalue weighted by Crippen LogP contribution is -2.48. The Bertz CT molecular complexity index is 1410. The van der Waals surface area contributed by atoms with Crippen LogP contribution in [0.1, 0.15) is 49.1 Å². The number of benzene rings is 2. The molecule has 0 N–H and O–H groups in total. The SMILES string of the molecule is Cc1ccc(On2cc(CN3CCCC4(CCCN(c5nnc(C)o5)CC4)C3=O)c3ccccc32)cc1. The molecule has 0 radical (unpaired) electrons. The van der Waals surface area contributed by atoms with Gasteiger partial charge in [0.1, 0.15) is 0 Å². The molecule has 0 aliphatic carbocycles. The Morgan fingerprint density at radius 3 is 2.51 bits per heavy atom. The number of carbonyl (C=O) groups is 1. The van der Waals surface area contributed by atoms with E-state index in [-0.39, 0.29) is 11.3 Å². The maximum Gasteiger partial charge on any atom is 0.318 e. The molecule has 192 valence electrons. The molecular weight excluding hydrogens is 466 g/mol. The third kappa shape index (κ3) is 4.56. The minimum atomic E-state index is -0.321. The van der Waals surface area contributed by atoms with Crippen molar-refractivity contribution in [2.45, 2.75) is 52.5 Å². The minimum absolute atomic E-state index is 0.276. The number of amides is 1. The van der Waals surface area contributed by atoms with Gasteiger partial charge in [0.2, 0.25) is 11.8 Å². The van der Waals surface area contributed by atoms with E-state index in [0.717, 1.165) is 74.0 Å². The van der Waals surface area contributed by atoms with E-state index < -0.39 is 0 Å². The predicted molar refractivity (Wildman–Crippen MR) is 141 cm³/mol. The lowest BCUT2D eigenvalue weighted by molar-refractivity contribution is -0.148. The summed E-state index contributed by atoms with van der Waals surface area (Å²) in [5.74, 6) is 1.63. The van der Waals surface area contributed by atoms with Gasteiger partial charge in [-0.3, -0.25) is 4.79 Å². The van der Waals surface area contributed by atoms with E-state index in [4.69, 9.17) is 9.25 Å². The fourth-order valence-electron chi connectivity index (χ4n) is 5.90. The molecule has 8 heteroatoms. The summed E-state index contributed by atoms with van der Waals surface area (Å²) in [6.07, 6.45) is 6.63. The van der Waals surface area contributed by atoms with Crippen LogP contribution in [0.25, 0.3) is 10.9 Å². The largest absolute Gasteiger partial charge is 0.408 e. The second kappa shape index (κ2) is 9.57. The molecule has 4 aromatic rings. The Balaban J connectivity index is 1.22. The molecule has 2 aliphatic rings. The summed E-state index contributed by atoms with van der Waals surface area (Å²) in [5.41, 5.74) is 2.97. The van der Waals surface area contributed by atoms with Crippen LogP contribution in [0, 0.1) is 19.3 Å². The number of fused-ring (bicyclic) bond motifs is 1. The van der Waals surface area contributed by atoms with Crippen molar-refractivity contribution < 1.29 is 14.0 Å². The summed E-state index contributed by atoms with van der Waals surface area (Å²) < 4.78 is 7.50. The Kier molecular flexibility index (Phi) is 6.10. The van der Waals surface area contributed by atoms with E-state index in [2.05, 4.69) is 39.1 Å². The topological polar surface area (TPSA) is 76.6 Å². The highest BCUT2D eigenvalue weighted by Crippen LogP contribution is 2.42. The maximum atomic E-state index is 14.0. The Labute approximate surface area is 216 Å². The summed E-state index contributed by atoms with van der Waals surface area (Å²) in [5, 5.41) is 9.29. The van der Waals surface area contributed by atoms with E-state index >= 15 is 0 Å². The monoisotopic (exact) mass is 499 g/mol. The van der Waals surface area contributed by atoms with Crippen molar-refractivity contribution in [3.63, 3.8) is 0 Å². The van der Waals surface area contributed by atoms with Crippen molar-refractivity contribution in [2.24, 2.45) is 5.41 Å². The number of nitrogens with zero attached hydrogens (tertiary/aromatic N) is 5. The average molecular weight is 500 g/mol. The van der Waals surface area contributed by atoms with Crippen molar-refractivity contribution >= 4 is 22.8 Å². The highest BCUT2D eigenvalue weighted by atomic mass is 16.7. The Hall–Kier alpha value is -3.81. The fraction of sp³-hybridized carbons (Fsp3) is 0.414. The quantitative estimate of drug-likeness (QED) is 0.372. The van der Waals surface area contributed by atoms with Gasteiger partial charge in [0.05, 0.1) is 17.1 Å².